The number of anilines is 1. The van der Waals surface area contributed by atoms with E-state index in [0.717, 1.165) is 22.7 Å². The van der Waals surface area contributed by atoms with Crippen LogP contribution in [0.25, 0.3) is 6.08 Å². The van der Waals surface area contributed by atoms with Crippen molar-refractivity contribution in [2.45, 2.75) is 6.92 Å². The van der Waals surface area contributed by atoms with Gasteiger partial charge >= 0.3 is 0 Å². The number of carbonyl (C=O) groups excluding carboxylic acids is 1. The molecule has 2 aromatic carbocycles. The van der Waals surface area contributed by atoms with E-state index < -0.39 is 0 Å². The number of carbonyl (C=O) groups is 1. The van der Waals surface area contributed by atoms with Gasteiger partial charge < -0.3 is 14.8 Å². The second kappa shape index (κ2) is 7.31. The van der Waals surface area contributed by atoms with Crippen LogP contribution in [0.2, 0.25) is 0 Å². The lowest BCUT2D eigenvalue weighted by molar-refractivity contribution is -0.112. The largest absolute Gasteiger partial charge is 0.497 e. The first-order valence-electron chi connectivity index (χ1n) is 6.90. The Morgan fingerprint density at radius 1 is 0.909 bits per heavy atom. The quantitative estimate of drug-likeness (QED) is 0.855. The van der Waals surface area contributed by atoms with Gasteiger partial charge in [-0.25, -0.2) is 0 Å². The van der Waals surface area contributed by atoms with Gasteiger partial charge in [-0.05, 0) is 55.0 Å². The van der Waals surface area contributed by atoms with E-state index in [1.807, 2.05) is 30.3 Å². The van der Waals surface area contributed by atoms with Crippen molar-refractivity contribution < 1.29 is 14.3 Å². The summed E-state index contributed by atoms with van der Waals surface area (Å²) in [7, 11) is 3.23. The van der Waals surface area contributed by atoms with Crippen LogP contribution in [-0.2, 0) is 4.79 Å². The first-order chi connectivity index (χ1) is 10.6. The average molecular weight is 297 g/mol. The second-order valence-corrected chi connectivity index (χ2v) is 4.78. The smallest absolute Gasteiger partial charge is 0.251 e. The molecule has 0 saturated heterocycles. The monoisotopic (exact) mass is 297 g/mol. The van der Waals surface area contributed by atoms with Gasteiger partial charge in [0.25, 0.3) is 5.91 Å². The number of ether oxygens (including phenoxy) is 2. The standard InChI is InChI=1S/C18H19NO3/c1-13(12-14-4-8-16(21-2)9-5-14)18(20)19-15-6-10-17(22-3)11-7-15/h4-12H,1-3H3,(H,19,20). The Balaban J connectivity index is 2.04. The summed E-state index contributed by atoms with van der Waals surface area (Å²) in [6.45, 7) is 1.78. The maximum absolute atomic E-state index is 12.2. The van der Waals surface area contributed by atoms with Crippen molar-refractivity contribution in [3.63, 3.8) is 0 Å². The molecule has 0 aliphatic heterocycles. The fraction of sp³-hybridized carbons (Fsp3) is 0.167. The number of methoxy groups -OCH3 is 2. The summed E-state index contributed by atoms with van der Waals surface area (Å²) in [4.78, 5) is 12.2. The number of amides is 1. The molecular formula is C18H19NO3. The van der Waals surface area contributed by atoms with Gasteiger partial charge in [0, 0.05) is 11.3 Å². The van der Waals surface area contributed by atoms with Crippen LogP contribution in [0.15, 0.2) is 54.1 Å². The molecule has 1 amide bonds. The normalized spacial score (nSPS) is 11.0. The van der Waals surface area contributed by atoms with Crippen molar-refractivity contribution in [2.24, 2.45) is 0 Å². The Morgan fingerprint density at radius 3 is 1.91 bits per heavy atom. The second-order valence-electron chi connectivity index (χ2n) is 4.78. The highest BCUT2D eigenvalue weighted by Crippen LogP contribution is 2.17. The van der Waals surface area contributed by atoms with Crippen LogP contribution in [0.5, 0.6) is 11.5 Å². The van der Waals surface area contributed by atoms with Gasteiger partial charge in [0.1, 0.15) is 11.5 Å². The highest BCUT2D eigenvalue weighted by Gasteiger charge is 2.05. The number of rotatable bonds is 5. The molecule has 4 nitrogen and oxygen atoms in total. The number of hydrogen-bond donors (Lipinski definition) is 1. The molecule has 22 heavy (non-hydrogen) atoms. The lowest BCUT2D eigenvalue weighted by Crippen LogP contribution is -2.12. The Hall–Kier alpha value is -2.75. The zero-order valence-electron chi connectivity index (χ0n) is 12.9. The molecule has 4 heteroatoms. The topological polar surface area (TPSA) is 47.6 Å². The minimum absolute atomic E-state index is 0.138. The van der Waals surface area contributed by atoms with E-state index in [0.29, 0.717) is 5.57 Å². The summed E-state index contributed by atoms with van der Waals surface area (Å²) < 4.78 is 10.2. The molecule has 0 aliphatic carbocycles. The third kappa shape index (κ3) is 4.12. The molecular weight excluding hydrogens is 278 g/mol. The fourth-order valence-electron chi connectivity index (χ4n) is 1.92. The van der Waals surface area contributed by atoms with E-state index in [1.165, 1.54) is 0 Å². The summed E-state index contributed by atoms with van der Waals surface area (Å²) in [6.07, 6.45) is 1.83. The van der Waals surface area contributed by atoms with Crippen LogP contribution in [-0.4, -0.2) is 20.1 Å². The highest BCUT2D eigenvalue weighted by molar-refractivity contribution is 6.06. The van der Waals surface area contributed by atoms with Gasteiger partial charge in [0.15, 0.2) is 0 Å². The zero-order valence-corrected chi connectivity index (χ0v) is 12.9. The summed E-state index contributed by atoms with van der Waals surface area (Å²) in [5.41, 5.74) is 2.30. The summed E-state index contributed by atoms with van der Waals surface area (Å²) in [5, 5.41) is 2.85. The predicted molar refractivity (Wildman–Crippen MR) is 88.3 cm³/mol. The third-order valence-corrected chi connectivity index (χ3v) is 3.21. The van der Waals surface area contributed by atoms with Crippen molar-refractivity contribution >= 4 is 17.7 Å². The van der Waals surface area contributed by atoms with Crippen molar-refractivity contribution in [3.8, 4) is 11.5 Å². The number of hydrogen-bond acceptors (Lipinski definition) is 3. The molecule has 0 spiro atoms. The Morgan fingerprint density at radius 2 is 1.41 bits per heavy atom. The van der Waals surface area contributed by atoms with Crippen LogP contribution in [0.4, 0.5) is 5.69 Å². The molecule has 0 atom stereocenters. The minimum Gasteiger partial charge on any atom is -0.497 e. The van der Waals surface area contributed by atoms with Gasteiger partial charge in [-0.3, -0.25) is 4.79 Å². The lowest BCUT2D eigenvalue weighted by atomic mass is 10.1. The van der Waals surface area contributed by atoms with Gasteiger partial charge in [-0.2, -0.15) is 0 Å². The van der Waals surface area contributed by atoms with Crippen LogP contribution in [0.1, 0.15) is 12.5 Å². The van der Waals surface area contributed by atoms with Gasteiger partial charge in [-0.1, -0.05) is 12.1 Å². The van der Waals surface area contributed by atoms with E-state index in [9.17, 15) is 4.79 Å². The minimum atomic E-state index is -0.138. The molecule has 0 aromatic heterocycles. The van der Waals surface area contributed by atoms with E-state index >= 15 is 0 Å². The number of benzene rings is 2. The maximum Gasteiger partial charge on any atom is 0.251 e. The molecule has 0 radical (unpaired) electrons. The molecule has 0 fully saturated rings. The van der Waals surface area contributed by atoms with Gasteiger partial charge in [-0.15, -0.1) is 0 Å². The average Bonchev–Trinajstić information content (AvgIpc) is 2.56. The van der Waals surface area contributed by atoms with Gasteiger partial charge in [0.2, 0.25) is 0 Å². The molecule has 0 bridgehead atoms. The van der Waals surface area contributed by atoms with E-state index in [1.54, 1.807) is 45.4 Å². The van der Waals surface area contributed by atoms with Crippen molar-refractivity contribution in [1.82, 2.24) is 0 Å². The van der Waals surface area contributed by atoms with Gasteiger partial charge in [0.05, 0.1) is 14.2 Å². The number of nitrogens with one attached hydrogen (secondary N) is 1. The third-order valence-electron chi connectivity index (χ3n) is 3.21. The molecule has 2 aromatic rings. The van der Waals surface area contributed by atoms with E-state index in [4.69, 9.17) is 9.47 Å². The molecule has 1 N–H and O–H groups in total. The first kappa shape index (κ1) is 15.6. The van der Waals surface area contributed by atoms with Crippen LogP contribution < -0.4 is 14.8 Å². The summed E-state index contributed by atoms with van der Waals surface area (Å²) >= 11 is 0. The first-order valence-corrected chi connectivity index (χ1v) is 6.90. The molecule has 0 aliphatic rings. The Labute approximate surface area is 130 Å². The van der Waals surface area contributed by atoms with Crippen molar-refractivity contribution in [1.29, 1.82) is 0 Å². The molecule has 0 heterocycles. The zero-order chi connectivity index (χ0) is 15.9. The fourth-order valence-corrected chi connectivity index (χ4v) is 1.92. The van der Waals surface area contributed by atoms with Crippen molar-refractivity contribution in [3.05, 3.63) is 59.7 Å². The van der Waals surface area contributed by atoms with Crippen LogP contribution in [0, 0.1) is 0 Å². The van der Waals surface area contributed by atoms with Crippen LogP contribution >= 0.6 is 0 Å². The van der Waals surface area contributed by atoms with E-state index in [-0.39, 0.29) is 5.91 Å². The maximum atomic E-state index is 12.2. The van der Waals surface area contributed by atoms with Crippen molar-refractivity contribution in [2.75, 3.05) is 19.5 Å². The molecule has 0 unspecified atom stereocenters. The molecule has 114 valence electrons. The van der Waals surface area contributed by atoms with E-state index in [2.05, 4.69) is 5.32 Å². The predicted octanol–water partition coefficient (Wildman–Crippen LogP) is 3.75. The highest BCUT2D eigenvalue weighted by atomic mass is 16.5. The SMILES string of the molecule is COc1ccc(C=C(C)C(=O)Nc2ccc(OC)cc2)cc1. The van der Waals surface area contributed by atoms with Crippen LogP contribution in [0.3, 0.4) is 0 Å². The molecule has 0 saturated carbocycles. The summed E-state index contributed by atoms with van der Waals surface area (Å²) in [5.74, 6) is 1.40. The summed E-state index contributed by atoms with van der Waals surface area (Å²) in [6, 6.07) is 14.7. The lowest BCUT2D eigenvalue weighted by Gasteiger charge is -2.07. The Kier molecular flexibility index (Phi) is 5.20. The Bertz CT molecular complexity index is 658. The molecule has 2 rings (SSSR count).